The zero-order chi connectivity index (χ0) is 18.4. The van der Waals surface area contributed by atoms with Gasteiger partial charge in [0, 0.05) is 25.6 Å². The van der Waals surface area contributed by atoms with E-state index in [9.17, 15) is 26.4 Å². The van der Waals surface area contributed by atoms with Gasteiger partial charge >= 0.3 is 6.36 Å². The van der Waals surface area contributed by atoms with Crippen molar-refractivity contribution >= 4 is 28.3 Å². The Hall–Kier alpha value is -1.56. The van der Waals surface area contributed by atoms with Crippen molar-refractivity contribution in [2.24, 2.45) is 5.73 Å². The minimum atomic E-state index is -4.85. The van der Waals surface area contributed by atoms with Crippen molar-refractivity contribution in [1.82, 2.24) is 10.0 Å². The van der Waals surface area contributed by atoms with E-state index in [2.05, 4.69) is 14.8 Å². The molecule has 0 saturated heterocycles. The van der Waals surface area contributed by atoms with Crippen LogP contribution >= 0.6 is 12.4 Å². The zero-order valence-electron chi connectivity index (χ0n) is 13.2. The Labute approximate surface area is 149 Å². The number of rotatable bonds is 8. The molecule has 0 fully saturated rings. The first-order valence-electron chi connectivity index (χ1n) is 6.88. The number of hydrogen-bond donors (Lipinski definition) is 3. The Kier molecular flexibility index (Phi) is 9.19. The summed E-state index contributed by atoms with van der Waals surface area (Å²) in [5.41, 5.74) is 5.34. The van der Waals surface area contributed by atoms with Gasteiger partial charge in [-0.05, 0) is 31.2 Å². The molecule has 144 valence electrons. The fourth-order valence-electron chi connectivity index (χ4n) is 1.61. The number of nitrogens with one attached hydrogen (secondary N) is 2. The van der Waals surface area contributed by atoms with Gasteiger partial charge in [0.2, 0.25) is 15.9 Å². The molecule has 0 saturated carbocycles. The summed E-state index contributed by atoms with van der Waals surface area (Å²) in [5, 5.41) is 2.56. The third-order valence-electron chi connectivity index (χ3n) is 2.77. The van der Waals surface area contributed by atoms with E-state index < -0.39 is 22.1 Å². The van der Waals surface area contributed by atoms with Crippen LogP contribution in [0.3, 0.4) is 0 Å². The van der Waals surface area contributed by atoms with E-state index in [0.29, 0.717) is 0 Å². The maximum absolute atomic E-state index is 12.0. The highest BCUT2D eigenvalue weighted by Crippen LogP contribution is 2.23. The second kappa shape index (κ2) is 9.80. The lowest BCUT2D eigenvalue weighted by molar-refractivity contribution is -0.274. The highest BCUT2D eigenvalue weighted by molar-refractivity contribution is 7.89. The van der Waals surface area contributed by atoms with Gasteiger partial charge in [0.05, 0.1) is 4.90 Å². The molecule has 0 spiro atoms. The van der Waals surface area contributed by atoms with Crippen molar-refractivity contribution in [3.63, 3.8) is 0 Å². The van der Waals surface area contributed by atoms with Gasteiger partial charge < -0.3 is 15.8 Å². The summed E-state index contributed by atoms with van der Waals surface area (Å²) in [6.07, 6.45) is -4.95. The highest BCUT2D eigenvalue weighted by Gasteiger charge is 2.31. The van der Waals surface area contributed by atoms with Gasteiger partial charge in [-0.25, -0.2) is 13.1 Å². The predicted molar refractivity (Wildman–Crippen MR) is 86.8 cm³/mol. The standard InChI is InChI=1S/C13H18F3N3O4S.ClH/c1-9(8-17)19-12(20)6-7-18-24(21,22)11-4-2-10(3-5-11)23-13(14,15)16;/h2-5,9,18H,6-8,17H2,1H3,(H,19,20);1H/t9-;/m0./s1. The van der Waals surface area contributed by atoms with Crippen LogP contribution < -0.4 is 20.5 Å². The van der Waals surface area contributed by atoms with Gasteiger partial charge in [-0.3, -0.25) is 4.79 Å². The fourth-order valence-corrected chi connectivity index (χ4v) is 2.64. The summed E-state index contributed by atoms with van der Waals surface area (Å²) in [5.74, 6) is -0.902. The van der Waals surface area contributed by atoms with Gasteiger partial charge in [-0.2, -0.15) is 0 Å². The maximum atomic E-state index is 12.0. The van der Waals surface area contributed by atoms with Crippen molar-refractivity contribution in [2.75, 3.05) is 13.1 Å². The molecule has 7 nitrogen and oxygen atoms in total. The van der Waals surface area contributed by atoms with E-state index in [0.717, 1.165) is 24.3 Å². The Bertz CT molecular complexity index is 653. The first-order valence-corrected chi connectivity index (χ1v) is 8.37. The number of sulfonamides is 1. The lowest BCUT2D eigenvalue weighted by Gasteiger charge is -2.12. The highest BCUT2D eigenvalue weighted by atomic mass is 35.5. The fraction of sp³-hybridized carbons (Fsp3) is 0.462. The predicted octanol–water partition coefficient (Wildman–Crippen LogP) is 1.14. The monoisotopic (exact) mass is 405 g/mol. The van der Waals surface area contributed by atoms with Crippen molar-refractivity contribution in [3.8, 4) is 5.75 Å². The first-order chi connectivity index (χ1) is 11.0. The van der Waals surface area contributed by atoms with Crippen LogP contribution in [0.2, 0.25) is 0 Å². The average Bonchev–Trinajstić information content (AvgIpc) is 2.45. The van der Waals surface area contributed by atoms with Crippen molar-refractivity contribution in [1.29, 1.82) is 0 Å². The number of ether oxygens (including phenoxy) is 1. The van der Waals surface area contributed by atoms with Crippen LogP contribution in [-0.2, 0) is 14.8 Å². The third-order valence-corrected chi connectivity index (χ3v) is 4.25. The van der Waals surface area contributed by atoms with Gasteiger partial charge in [0.25, 0.3) is 0 Å². The molecule has 0 aromatic heterocycles. The molecule has 0 unspecified atom stereocenters. The summed E-state index contributed by atoms with van der Waals surface area (Å²) >= 11 is 0. The topological polar surface area (TPSA) is 111 Å². The van der Waals surface area contributed by atoms with Crippen LogP contribution in [-0.4, -0.2) is 39.8 Å². The average molecular weight is 406 g/mol. The van der Waals surface area contributed by atoms with E-state index in [1.54, 1.807) is 6.92 Å². The Morgan fingerprint density at radius 2 is 1.84 bits per heavy atom. The minimum Gasteiger partial charge on any atom is -0.406 e. The minimum absolute atomic E-state index is 0. The molecule has 1 aromatic carbocycles. The van der Waals surface area contributed by atoms with E-state index in [-0.39, 0.29) is 48.8 Å². The number of carbonyl (C=O) groups excluding carboxylic acids is 1. The third kappa shape index (κ3) is 8.91. The number of carbonyl (C=O) groups is 1. The van der Waals surface area contributed by atoms with E-state index in [1.807, 2.05) is 0 Å². The zero-order valence-corrected chi connectivity index (χ0v) is 14.8. The molecule has 0 aliphatic rings. The molecule has 12 heteroatoms. The number of benzene rings is 1. The molecule has 1 atom stereocenters. The molecule has 1 aromatic rings. The van der Waals surface area contributed by atoms with Gasteiger partial charge in [0.1, 0.15) is 5.75 Å². The van der Waals surface area contributed by atoms with Crippen molar-refractivity contribution in [3.05, 3.63) is 24.3 Å². The summed E-state index contributed by atoms with van der Waals surface area (Å²) in [6, 6.07) is 3.49. The van der Waals surface area contributed by atoms with E-state index in [4.69, 9.17) is 5.73 Å². The lowest BCUT2D eigenvalue weighted by Crippen LogP contribution is -2.39. The second-order valence-electron chi connectivity index (χ2n) is 4.87. The number of halogens is 4. The molecular weight excluding hydrogens is 387 g/mol. The van der Waals surface area contributed by atoms with Crippen LogP contribution in [0.15, 0.2) is 29.2 Å². The number of amides is 1. The molecular formula is C13H19ClF3N3O4S. The van der Waals surface area contributed by atoms with Gasteiger partial charge in [-0.15, -0.1) is 25.6 Å². The van der Waals surface area contributed by atoms with Crippen LogP contribution in [0.1, 0.15) is 13.3 Å². The van der Waals surface area contributed by atoms with Crippen LogP contribution in [0.5, 0.6) is 5.75 Å². The summed E-state index contributed by atoms with van der Waals surface area (Å²) in [6.45, 7) is 1.79. The number of alkyl halides is 3. The number of nitrogens with two attached hydrogens (primary N) is 1. The van der Waals surface area contributed by atoms with Crippen LogP contribution in [0.25, 0.3) is 0 Å². The quantitative estimate of drug-likeness (QED) is 0.600. The SMILES string of the molecule is C[C@@H](CN)NC(=O)CCNS(=O)(=O)c1ccc(OC(F)(F)F)cc1.Cl. The van der Waals surface area contributed by atoms with Crippen molar-refractivity contribution < 1.29 is 31.1 Å². The molecule has 4 N–H and O–H groups in total. The van der Waals surface area contributed by atoms with Crippen molar-refractivity contribution in [2.45, 2.75) is 30.6 Å². The molecule has 0 heterocycles. The summed E-state index contributed by atoms with van der Waals surface area (Å²) < 4.78 is 65.9. The molecule has 1 rings (SSSR count). The molecule has 0 radical (unpaired) electrons. The molecule has 0 bridgehead atoms. The van der Waals surface area contributed by atoms with E-state index in [1.165, 1.54) is 0 Å². The molecule has 1 amide bonds. The number of hydrogen-bond acceptors (Lipinski definition) is 5. The van der Waals surface area contributed by atoms with Crippen LogP contribution in [0, 0.1) is 0 Å². The molecule has 25 heavy (non-hydrogen) atoms. The molecule has 0 aliphatic carbocycles. The van der Waals surface area contributed by atoms with E-state index >= 15 is 0 Å². The van der Waals surface area contributed by atoms with Gasteiger partial charge in [-0.1, -0.05) is 0 Å². The maximum Gasteiger partial charge on any atom is 0.573 e. The first kappa shape index (κ1) is 23.4. The summed E-state index contributed by atoms with van der Waals surface area (Å²) in [4.78, 5) is 11.2. The molecule has 0 aliphatic heterocycles. The Balaban J connectivity index is 0.00000576. The second-order valence-corrected chi connectivity index (χ2v) is 6.64. The Morgan fingerprint density at radius 1 is 1.28 bits per heavy atom. The largest absolute Gasteiger partial charge is 0.573 e. The normalized spacial score (nSPS) is 12.8. The lowest BCUT2D eigenvalue weighted by atomic mass is 10.3. The smallest absolute Gasteiger partial charge is 0.406 e. The Morgan fingerprint density at radius 3 is 2.32 bits per heavy atom. The summed E-state index contributed by atoms with van der Waals surface area (Å²) in [7, 11) is -3.94. The van der Waals surface area contributed by atoms with Gasteiger partial charge in [0.15, 0.2) is 0 Å². The van der Waals surface area contributed by atoms with Crippen LogP contribution in [0.4, 0.5) is 13.2 Å².